The van der Waals surface area contributed by atoms with Crippen molar-refractivity contribution >= 4 is 45.0 Å². The van der Waals surface area contributed by atoms with Crippen LogP contribution in [-0.4, -0.2) is 24.3 Å². The Bertz CT molecular complexity index is 495. The summed E-state index contributed by atoms with van der Waals surface area (Å²) in [5, 5.41) is 6.33. The van der Waals surface area contributed by atoms with Gasteiger partial charge in [0.1, 0.15) is 9.94 Å². The molecule has 0 bridgehead atoms. The maximum Gasteiger partial charge on any atom is 0.407 e. The molecular formula is C16H26BrClN2O2S. The predicted octanol–water partition coefficient (Wildman–Crippen LogP) is 5.19. The van der Waals surface area contributed by atoms with Crippen LogP contribution in [0.2, 0.25) is 4.34 Å². The van der Waals surface area contributed by atoms with Gasteiger partial charge in [0, 0.05) is 28.5 Å². The molecule has 0 spiro atoms. The zero-order chi connectivity index (χ0) is 17.6. The van der Waals surface area contributed by atoms with Crippen molar-refractivity contribution in [1.29, 1.82) is 0 Å². The number of nitrogens with one attached hydrogen (secondary N) is 2. The zero-order valence-corrected chi connectivity index (χ0v) is 17.5. The Labute approximate surface area is 156 Å². The number of rotatable bonds is 7. The van der Waals surface area contributed by atoms with E-state index in [-0.39, 0.29) is 12.1 Å². The minimum Gasteiger partial charge on any atom is -0.444 e. The molecule has 7 heteroatoms. The summed E-state index contributed by atoms with van der Waals surface area (Å²) >= 11 is 11.0. The van der Waals surface area contributed by atoms with Crippen LogP contribution < -0.4 is 10.6 Å². The third-order valence-corrected chi connectivity index (χ3v) is 5.38. The molecular weight excluding hydrogens is 400 g/mol. The molecule has 1 unspecified atom stereocenters. The summed E-state index contributed by atoms with van der Waals surface area (Å²) in [6, 6.07) is 2.20. The minimum atomic E-state index is -0.481. The average Bonchev–Trinajstić information content (AvgIpc) is 2.69. The molecule has 1 aromatic heterocycles. The van der Waals surface area contributed by atoms with Gasteiger partial charge < -0.3 is 15.4 Å². The standard InChI is InChI=1S/C16H26BrClN2O2S/c1-10(2)6-11(8-20-15(21)22-16(3,4)5)19-9-12-7-13(17)14(18)23-12/h7,10-11,19H,6,8-9H2,1-5H3,(H,20,21). The van der Waals surface area contributed by atoms with Crippen molar-refractivity contribution in [3.8, 4) is 0 Å². The molecule has 0 aliphatic carbocycles. The van der Waals surface area contributed by atoms with Crippen LogP contribution in [0.5, 0.6) is 0 Å². The number of amides is 1. The third-order valence-electron chi connectivity index (χ3n) is 2.91. The monoisotopic (exact) mass is 424 g/mol. The van der Waals surface area contributed by atoms with Gasteiger partial charge in [-0.25, -0.2) is 4.79 Å². The van der Waals surface area contributed by atoms with Crippen molar-refractivity contribution in [2.24, 2.45) is 5.92 Å². The first kappa shape index (κ1) is 20.7. The van der Waals surface area contributed by atoms with E-state index in [0.717, 1.165) is 26.7 Å². The summed E-state index contributed by atoms with van der Waals surface area (Å²) < 4.78 is 6.96. The van der Waals surface area contributed by atoms with Crippen LogP contribution >= 0.6 is 38.9 Å². The number of halogens is 2. The number of hydrogen-bond acceptors (Lipinski definition) is 4. The van der Waals surface area contributed by atoms with Gasteiger partial charge in [0.2, 0.25) is 0 Å². The Hall–Kier alpha value is -0.300. The van der Waals surface area contributed by atoms with Gasteiger partial charge in [0.05, 0.1) is 0 Å². The third kappa shape index (κ3) is 8.94. The zero-order valence-electron chi connectivity index (χ0n) is 14.3. The van der Waals surface area contributed by atoms with Crippen LogP contribution in [-0.2, 0) is 11.3 Å². The molecule has 1 aromatic rings. The fourth-order valence-corrected chi connectivity index (χ4v) is 3.79. The smallest absolute Gasteiger partial charge is 0.407 e. The topological polar surface area (TPSA) is 50.4 Å². The lowest BCUT2D eigenvalue weighted by Crippen LogP contribution is -2.43. The summed E-state index contributed by atoms with van der Waals surface area (Å²) in [6.45, 7) is 11.2. The maximum absolute atomic E-state index is 11.8. The second-order valence-corrected chi connectivity index (χ2v) is 9.52. The van der Waals surface area contributed by atoms with Gasteiger partial charge in [-0.1, -0.05) is 25.4 Å². The fraction of sp³-hybridized carbons (Fsp3) is 0.688. The highest BCUT2D eigenvalue weighted by atomic mass is 79.9. The van der Waals surface area contributed by atoms with E-state index in [9.17, 15) is 4.79 Å². The molecule has 1 amide bonds. The summed E-state index contributed by atoms with van der Waals surface area (Å²) in [6.07, 6.45) is 0.589. The Morgan fingerprint density at radius 3 is 2.57 bits per heavy atom. The van der Waals surface area contributed by atoms with E-state index in [4.69, 9.17) is 16.3 Å². The molecule has 0 fully saturated rings. The van der Waals surface area contributed by atoms with E-state index >= 15 is 0 Å². The van der Waals surface area contributed by atoms with Crippen molar-refractivity contribution in [3.63, 3.8) is 0 Å². The molecule has 0 radical (unpaired) electrons. The molecule has 0 saturated carbocycles. The summed E-state index contributed by atoms with van der Waals surface area (Å²) in [5.74, 6) is 0.534. The van der Waals surface area contributed by atoms with Gasteiger partial charge in [-0.05, 0) is 55.1 Å². The quantitative estimate of drug-likeness (QED) is 0.632. The van der Waals surface area contributed by atoms with Gasteiger partial charge in [-0.2, -0.15) is 0 Å². The summed E-state index contributed by atoms with van der Waals surface area (Å²) in [7, 11) is 0. The van der Waals surface area contributed by atoms with Crippen molar-refractivity contribution in [2.45, 2.75) is 59.2 Å². The van der Waals surface area contributed by atoms with Crippen LogP contribution in [0.4, 0.5) is 4.79 Å². The summed E-state index contributed by atoms with van der Waals surface area (Å²) in [5.41, 5.74) is -0.481. The van der Waals surface area contributed by atoms with E-state index in [1.165, 1.54) is 0 Å². The molecule has 132 valence electrons. The van der Waals surface area contributed by atoms with Crippen molar-refractivity contribution in [1.82, 2.24) is 10.6 Å². The second-order valence-electron chi connectivity index (χ2n) is 6.92. The Morgan fingerprint density at radius 1 is 1.43 bits per heavy atom. The van der Waals surface area contributed by atoms with E-state index in [0.29, 0.717) is 12.5 Å². The molecule has 1 rings (SSSR count). The van der Waals surface area contributed by atoms with E-state index in [2.05, 4.69) is 40.4 Å². The van der Waals surface area contributed by atoms with Crippen molar-refractivity contribution in [2.75, 3.05) is 6.54 Å². The molecule has 0 saturated heterocycles. The van der Waals surface area contributed by atoms with Crippen LogP contribution in [0.15, 0.2) is 10.5 Å². The second kappa shape index (κ2) is 9.25. The number of carbonyl (C=O) groups is 1. The predicted molar refractivity (Wildman–Crippen MR) is 101 cm³/mol. The first-order valence-corrected chi connectivity index (χ1v) is 9.69. The van der Waals surface area contributed by atoms with E-state index < -0.39 is 5.60 Å². The van der Waals surface area contributed by atoms with Gasteiger partial charge in [-0.15, -0.1) is 11.3 Å². The minimum absolute atomic E-state index is 0.183. The van der Waals surface area contributed by atoms with Gasteiger partial charge in [-0.3, -0.25) is 0 Å². The number of alkyl carbamates (subject to hydrolysis) is 1. The van der Waals surface area contributed by atoms with Gasteiger partial charge in [0.15, 0.2) is 0 Å². The molecule has 0 aromatic carbocycles. The molecule has 1 atom stereocenters. The molecule has 1 heterocycles. The highest BCUT2D eigenvalue weighted by Crippen LogP contribution is 2.31. The van der Waals surface area contributed by atoms with Crippen molar-refractivity contribution in [3.05, 3.63) is 19.8 Å². The Morgan fingerprint density at radius 2 is 2.09 bits per heavy atom. The molecule has 0 aliphatic heterocycles. The molecule has 2 N–H and O–H groups in total. The Kier molecular flexibility index (Phi) is 8.35. The van der Waals surface area contributed by atoms with Crippen LogP contribution in [0.25, 0.3) is 0 Å². The Balaban J connectivity index is 2.50. The van der Waals surface area contributed by atoms with Crippen LogP contribution in [0.1, 0.15) is 45.9 Å². The SMILES string of the molecule is CC(C)CC(CNC(=O)OC(C)(C)C)NCc1cc(Br)c(Cl)s1. The number of ether oxygens (including phenoxy) is 1. The average molecular weight is 426 g/mol. The lowest BCUT2D eigenvalue weighted by molar-refractivity contribution is 0.0521. The van der Waals surface area contributed by atoms with Gasteiger partial charge in [0.25, 0.3) is 0 Å². The largest absolute Gasteiger partial charge is 0.444 e. The maximum atomic E-state index is 11.8. The first-order chi connectivity index (χ1) is 10.6. The number of thiophene rings is 1. The van der Waals surface area contributed by atoms with E-state index in [1.807, 2.05) is 26.8 Å². The lowest BCUT2D eigenvalue weighted by Gasteiger charge is -2.23. The highest BCUT2D eigenvalue weighted by Gasteiger charge is 2.18. The number of hydrogen-bond donors (Lipinski definition) is 2. The molecule has 4 nitrogen and oxygen atoms in total. The lowest BCUT2D eigenvalue weighted by atomic mass is 10.0. The van der Waals surface area contributed by atoms with Crippen LogP contribution in [0.3, 0.4) is 0 Å². The first-order valence-electron chi connectivity index (χ1n) is 7.70. The van der Waals surface area contributed by atoms with E-state index in [1.54, 1.807) is 11.3 Å². The fourth-order valence-electron chi connectivity index (χ4n) is 2.05. The highest BCUT2D eigenvalue weighted by molar-refractivity contribution is 9.10. The van der Waals surface area contributed by atoms with Gasteiger partial charge >= 0.3 is 6.09 Å². The van der Waals surface area contributed by atoms with Crippen molar-refractivity contribution < 1.29 is 9.53 Å². The normalized spacial score (nSPS) is 13.2. The van der Waals surface area contributed by atoms with Crippen LogP contribution in [0, 0.1) is 5.92 Å². The molecule has 23 heavy (non-hydrogen) atoms. The molecule has 0 aliphatic rings. The number of carbonyl (C=O) groups excluding carboxylic acids is 1. The summed E-state index contributed by atoms with van der Waals surface area (Å²) in [4.78, 5) is 12.9.